The van der Waals surface area contributed by atoms with Gasteiger partial charge < -0.3 is 20.9 Å². The zero-order chi connectivity index (χ0) is 25.1. The van der Waals surface area contributed by atoms with E-state index >= 15 is 0 Å². The molecule has 0 bridgehead atoms. The van der Waals surface area contributed by atoms with Gasteiger partial charge in [-0.25, -0.2) is 4.39 Å². The molecule has 4 rings (SSSR count). The molecule has 0 saturated carbocycles. The Morgan fingerprint density at radius 3 is 2.31 bits per heavy atom. The lowest BCUT2D eigenvalue weighted by atomic mass is 10.0. The van der Waals surface area contributed by atoms with Gasteiger partial charge in [-0.05, 0) is 73.0 Å². The third kappa shape index (κ3) is 5.16. The number of hydrogen-bond donors (Lipinski definition) is 2. The highest BCUT2D eigenvalue weighted by molar-refractivity contribution is 6.06. The van der Waals surface area contributed by atoms with E-state index in [1.165, 1.54) is 17.0 Å². The molecule has 3 aromatic carbocycles. The van der Waals surface area contributed by atoms with Gasteiger partial charge in [-0.15, -0.1) is 0 Å². The van der Waals surface area contributed by atoms with E-state index in [2.05, 4.69) is 5.32 Å². The van der Waals surface area contributed by atoms with Gasteiger partial charge in [0.05, 0.1) is 11.4 Å². The second-order valence-electron chi connectivity index (χ2n) is 8.57. The lowest BCUT2D eigenvalue weighted by Crippen LogP contribution is -2.46. The van der Waals surface area contributed by atoms with E-state index in [9.17, 15) is 18.8 Å². The molecule has 1 fully saturated rings. The minimum Gasteiger partial charge on any atom is -0.397 e. The van der Waals surface area contributed by atoms with Gasteiger partial charge in [0.25, 0.3) is 5.91 Å². The van der Waals surface area contributed by atoms with Crippen LogP contribution in [0.15, 0.2) is 66.7 Å². The number of amides is 3. The van der Waals surface area contributed by atoms with Gasteiger partial charge in [0.2, 0.25) is 11.8 Å². The first kappa shape index (κ1) is 23.9. The van der Waals surface area contributed by atoms with Gasteiger partial charge in [-0.1, -0.05) is 18.2 Å². The standard InChI is InChI=1S/C27H27FN4O3/c1-17(32-15-3-4-25(32)33)27(35)31(2)22-12-7-19(8-13-22)26(34)30-24-16-20(9-14-23(24)29)18-5-10-21(28)11-6-18/h5-14,16-17H,3-4,15,29H2,1-2H3,(H,30,34). The number of likely N-dealkylation sites (N-methyl/N-ethyl adjacent to an activating group) is 1. The van der Waals surface area contributed by atoms with Crippen LogP contribution in [-0.4, -0.2) is 42.3 Å². The molecule has 1 unspecified atom stereocenters. The Labute approximate surface area is 203 Å². The first-order valence-corrected chi connectivity index (χ1v) is 11.4. The smallest absolute Gasteiger partial charge is 0.255 e. The number of nitrogen functional groups attached to an aromatic ring is 1. The fraction of sp³-hybridized carbons (Fsp3) is 0.222. The molecule has 0 aliphatic carbocycles. The van der Waals surface area contributed by atoms with E-state index in [0.717, 1.165) is 17.5 Å². The zero-order valence-corrected chi connectivity index (χ0v) is 19.6. The van der Waals surface area contributed by atoms with Crippen molar-refractivity contribution in [3.63, 3.8) is 0 Å². The van der Waals surface area contributed by atoms with Crippen LogP contribution in [-0.2, 0) is 9.59 Å². The fourth-order valence-electron chi connectivity index (χ4n) is 4.14. The Bertz CT molecular complexity index is 1260. The Hall–Kier alpha value is -4.20. The zero-order valence-electron chi connectivity index (χ0n) is 19.6. The number of nitrogens with zero attached hydrogens (tertiary/aromatic N) is 2. The van der Waals surface area contributed by atoms with Crippen LogP contribution < -0.4 is 16.0 Å². The molecule has 0 spiro atoms. The number of nitrogens with one attached hydrogen (secondary N) is 1. The minimum atomic E-state index is -0.547. The molecule has 1 saturated heterocycles. The summed E-state index contributed by atoms with van der Waals surface area (Å²) in [6.07, 6.45) is 1.24. The molecule has 180 valence electrons. The summed E-state index contributed by atoms with van der Waals surface area (Å²) in [4.78, 5) is 40.8. The normalized spacial score (nSPS) is 14.0. The van der Waals surface area contributed by atoms with E-state index in [1.807, 2.05) is 0 Å². The van der Waals surface area contributed by atoms with Crippen molar-refractivity contribution in [2.45, 2.75) is 25.8 Å². The number of carbonyl (C=O) groups is 3. The van der Waals surface area contributed by atoms with Crippen LogP contribution in [0.4, 0.5) is 21.5 Å². The minimum absolute atomic E-state index is 0.00552. The number of carbonyl (C=O) groups excluding carboxylic acids is 3. The summed E-state index contributed by atoms with van der Waals surface area (Å²) in [5.41, 5.74) is 9.49. The fourth-order valence-corrected chi connectivity index (χ4v) is 4.14. The first-order valence-electron chi connectivity index (χ1n) is 11.4. The molecule has 1 aliphatic heterocycles. The summed E-state index contributed by atoms with van der Waals surface area (Å²) in [6, 6.07) is 17.4. The van der Waals surface area contributed by atoms with Crippen molar-refractivity contribution >= 4 is 34.8 Å². The maximum Gasteiger partial charge on any atom is 0.255 e. The average molecular weight is 475 g/mol. The maximum atomic E-state index is 13.2. The number of benzene rings is 3. The second-order valence-corrected chi connectivity index (χ2v) is 8.57. The van der Waals surface area contributed by atoms with Gasteiger partial charge in [-0.3, -0.25) is 14.4 Å². The Kier molecular flexibility index (Phi) is 6.82. The van der Waals surface area contributed by atoms with Crippen LogP contribution in [0.2, 0.25) is 0 Å². The second kappa shape index (κ2) is 9.97. The number of rotatable bonds is 6. The van der Waals surface area contributed by atoms with Gasteiger partial charge in [0.15, 0.2) is 0 Å². The predicted molar refractivity (Wildman–Crippen MR) is 134 cm³/mol. The number of halogens is 1. The molecular formula is C27H27FN4O3. The first-order chi connectivity index (χ1) is 16.7. The summed E-state index contributed by atoms with van der Waals surface area (Å²) in [5, 5.41) is 2.82. The third-order valence-corrected chi connectivity index (χ3v) is 6.26. The van der Waals surface area contributed by atoms with E-state index < -0.39 is 6.04 Å². The summed E-state index contributed by atoms with van der Waals surface area (Å²) in [6.45, 7) is 2.32. The summed E-state index contributed by atoms with van der Waals surface area (Å²) in [7, 11) is 1.65. The van der Waals surface area contributed by atoms with Crippen molar-refractivity contribution in [2.75, 3.05) is 29.5 Å². The molecular weight excluding hydrogens is 447 g/mol. The van der Waals surface area contributed by atoms with Crippen LogP contribution in [0, 0.1) is 5.82 Å². The van der Waals surface area contributed by atoms with Crippen molar-refractivity contribution < 1.29 is 18.8 Å². The monoisotopic (exact) mass is 474 g/mol. The molecule has 3 amide bonds. The molecule has 0 aromatic heterocycles. The lowest BCUT2D eigenvalue weighted by molar-refractivity contribution is -0.135. The van der Waals surface area contributed by atoms with Crippen LogP contribution in [0.25, 0.3) is 11.1 Å². The van der Waals surface area contributed by atoms with Crippen LogP contribution >= 0.6 is 0 Å². The summed E-state index contributed by atoms with van der Waals surface area (Å²) < 4.78 is 13.2. The van der Waals surface area contributed by atoms with Crippen LogP contribution in [0.1, 0.15) is 30.1 Å². The quantitative estimate of drug-likeness (QED) is 0.521. The Balaban J connectivity index is 1.45. The largest absolute Gasteiger partial charge is 0.397 e. The van der Waals surface area contributed by atoms with E-state index in [-0.39, 0.29) is 23.5 Å². The van der Waals surface area contributed by atoms with Crippen molar-refractivity contribution in [3.05, 3.63) is 78.1 Å². The molecule has 3 aromatic rings. The van der Waals surface area contributed by atoms with Crippen molar-refractivity contribution in [1.82, 2.24) is 4.90 Å². The van der Waals surface area contributed by atoms with Gasteiger partial charge in [0, 0.05) is 31.3 Å². The number of likely N-dealkylation sites (tertiary alicyclic amines) is 1. The van der Waals surface area contributed by atoms with E-state index in [4.69, 9.17) is 5.73 Å². The van der Waals surface area contributed by atoms with Crippen molar-refractivity contribution in [1.29, 1.82) is 0 Å². The predicted octanol–water partition coefficient (Wildman–Crippen LogP) is 4.30. The topological polar surface area (TPSA) is 95.7 Å². The molecule has 35 heavy (non-hydrogen) atoms. The third-order valence-electron chi connectivity index (χ3n) is 6.26. The van der Waals surface area contributed by atoms with Crippen LogP contribution in [0.3, 0.4) is 0 Å². The van der Waals surface area contributed by atoms with Crippen molar-refractivity contribution in [2.24, 2.45) is 0 Å². The highest BCUT2D eigenvalue weighted by Gasteiger charge is 2.31. The van der Waals surface area contributed by atoms with E-state index in [0.29, 0.717) is 35.6 Å². The SMILES string of the molecule is CC(C(=O)N(C)c1ccc(C(=O)Nc2cc(-c3ccc(F)cc3)ccc2N)cc1)N1CCCC1=O. The number of anilines is 3. The molecule has 0 radical (unpaired) electrons. The highest BCUT2D eigenvalue weighted by atomic mass is 19.1. The Morgan fingerprint density at radius 2 is 1.69 bits per heavy atom. The van der Waals surface area contributed by atoms with Crippen molar-refractivity contribution in [3.8, 4) is 11.1 Å². The average Bonchev–Trinajstić information content (AvgIpc) is 3.30. The summed E-state index contributed by atoms with van der Waals surface area (Å²) in [5.74, 6) is -0.881. The van der Waals surface area contributed by atoms with Gasteiger partial charge >= 0.3 is 0 Å². The molecule has 7 nitrogen and oxygen atoms in total. The summed E-state index contributed by atoms with van der Waals surface area (Å²) >= 11 is 0. The number of hydrogen-bond acceptors (Lipinski definition) is 4. The van der Waals surface area contributed by atoms with E-state index in [1.54, 1.807) is 73.5 Å². The Morgan fingerprint density at radius 1 is 1.03 bits per heavy atom. The molecule has 3 N–H and O–H groups in total. The van der Waals surface area contributed by atoms with Gasteiger partial charge in [0.1, 0.15) is 11.9 Å². The van der Waals surface area contributed by atoms with Crippen LogP contribution in [0.5, 0.6) is 0 Å². The molecule has 1 heterocycles. The lowest BCUT2D eigenvalue weighted by Gasteiger charge is -2.28. The maximum absolute atomic E-state index is 13.2. The number of nitrogens with two attached hydrogens (primary N) is 1. The van der Waals surface area contributed by atoms with Gasteiger partial charge in [-0.2, -0.15) is 0 Å². The highest BCUT2D eigenvalue weighted by Crippen LogP contribution is 2.28. The molecule has 1 atom stereocenters. The molecule has 8 heteroatoms. The molecule has 1 aliphatic rings.